The van der Waals surface area contributed by atoms with Gasteiger partial charge in [-0.25, -0.2) is 0 Å². The molecule has 5 unspecified atom stereocenters. The fraction of sp³-hybridized carbons (Fsp3) is 0.588. The molecule has 1 aromatic carbocycles. The summed E-state index contributed by atoms with van der Waals surface area (Å²) in [5.41, 5.74) is 6.17. The summed E-state index contributed by atoms with van der Waals surface area (Å²) in [6.07, 6.45) is 2.58. The average Bonchev–Trinajstić information content (AvgIpc) is 3.13. The Labute approximate surface area is 144 Å². The van der Waals surface area contributed by atoms with Crippen LogP contribution in [0.5, 0.6) is 5.75 Å². The maximum absolute atomic E-state index is 12.3. The number of benzene rings is 1. The maximum Gasteiger partial charge on any atom is 0.225 e. The summed E-state index contributed by atoms with van der Waals surface area (Å²) in [6.45, 7) is 0.315. The van der Waals surface area contributed by atoms with E-state index in [1.165, 1.54) is 0 Å². The number of aliphatic hydroxyl groups is 1. The summed E-state index contributed by atoms with van der Waals surface area (Å²) in [5.74, 6) is 1.48. The van der Waals surface area contributed by atoms with E-state index in [1.807, 2.05) is 24.3 Å². The van der Waals surface area contributed by atoms with Crippen LogP contribution in [0.3, 0.4) is 0 Å². The monoisotopic (exact) mass is 382 g/mol. The second kappa shape index (κ2) is 7.20. The standard InChI is InChI=1S/C17H23BrN2O3/c18-13-3-1-2-4-14(13)23-9-12(21)8-20-17(22)15-10-5-6-11(7-10)16(15)19/h1-4,10-12,15-16,21H,5-9,19H2,(H,20,22). The number of hydrogen-bond donors (Lipinski definition) is 3. The van der Waals surface area contributed by atoms with Crippen LogP contribution in [0.25, 0.3) is 0 Å². The lowest BCUT2D eigenvalue weighted by Gasteiger charge is -2.27. The van der Waals surface area contributed by atoms with Crippen LogP contribution in [0.1, 0.15) is 19.3 Å². The van der Waals surface area contributed by atoms with Crippen molar-refractivity contribution in [3.8, 4) is 5.75 Å². The van der Waals surface area contributed by atoms with E-state index in [9.17, 15) is 9.90 Å². The van der Waals surface area contributed by atoms with Crippen molar-refractivity contribution < 1.29 is 14.6 Å². The van der Waals surface area contributed by atoms with Gasteiger partial charge in [-0.3, -0.25) is 4.79 Å². The van der Waals surface area contributed by atoms with Crippen LogP contribution in [0.2, 0.25) is 0 Å². The molecule has 1 aromatic rings. The SMILES string of the molecule is NC1C2CCC(C2)C1C(=O)NCC(O)COc1ccccc1Br. The van der Waals surface area contributed by atoms with E-state index < -0.39 is 6.10 Å². The predicted octanol–water partition coefficient (Wildman–Crippen LogP) is 1.68. The molecular weight excluding hydrogens is 360 g/mol. The molecule has 6 heteroatoms. The third-order valence-corrected chi connectivity index (χ3v) is 5.72. The van der Waals surface area contributed by atoms with Crippen molar-refractivity contribution in [1.82, 2.24) is 5.32 Å². The normalized spacial score (nSPS) is 30.2. The number of nitrogens with two attached hydrogens (primary N) is 1. The number of aliphatic hydroxyl groups excluding tert-OH is 1. The summed E-state index contributed by atoms with van der Waals surface area (Å²) in [4.78, 5) is 12.3. The number of halogens is 1. The van der Waals surface area contributed by atoms with E-state index in [4.69, 9.17) is 10.5 Å². The zero-order valence-electron chi connectivity index (χ0n) is 13.0. The molecule has 0 radical (unpaired) electrons. The molecule has 3 rings (SSSR count). The lowest BCUT2D eigenvalue weighted by molar-refractivity contribution is -0.127. The van der Waals surface area contributed by atoms with Crippen molar-refractivity contribution in [2.45, 2.75) is 31.4 Å². The van der Waals surface area contributed by atoms with Crippen LogP contribution < -0.4 is 15.8 Å². The van der Waals surface area contributed by atoms with E-state index >= 15 is 0 Å². The van der Waals surface area contributed by atoms with Gasteiger partial charge in [0.2, 0.25) is 5.91 Å². The first-order chi connectivity index (χ1) is 11.1. The molecule has 2 saturated carbocycles. The number of ether oxygens (including phenoxy) is 1. The summed E-state index contributed by atoms with van der Waals surface area (Å²) in [7, 11) is 0. The second-order valence-electron chi connectivity index (χ2n) is 6.58. The molecule has 4 N–H and O–H groups in total. The second-order valence-corrected chi connectivity index (χ2v) is 7.43. The van der Waals surface area contributed by atoms with Crippen molar-refractivity contribution in [1.29, 1.82) is 0 Å². The first-order valence-corrected chi connectivity index (χ1v) is 8.94. The Kier molecular flexibility index (Phi) is 5.24. The predicted molar refractivity (Wildman–Crippen MR) is 90.9 cm³/mol. The molecule has 2 fully saturated rings. The minimum Gasteiger partial charge on any atom is -0.490 e. The molecular formula is C17H23BrN2O3. The van der Waals surface area contributed by atoms with Crippen molar-refractivity contribution in [2.75, 3.05) is 13.2 Å². The van der Waals surface area contributed by atoms with Gasteiger partial charge in [0, 0.05) is 12.6 Å². The number of nitrogens with one attached hydrogen (secondary N) is 1. The molecule has 5 atom stereocenters. The quantitative estimate of drug-likeness (QED) is 0.698. The lowest BCUT2D eigenvalue weighted by Crippen LogP contribution is -2.47. The largest absolute Gasteiger partial charge is 0.490 e. The van der Waals surface area contributed by atoms with E-state index in [0.29, 0.717) is 17.6 Å². The van der Waals surface area contributed by atoms with Crippen LogP contribution in [-0.2, 0) is 4.79 Å². The number of carbonyl (C=O) groups excluding carboxylic acids is 1. The molecule has 0 aliphatic heterocycles. The van der Waals surface area contributed by atoms with Gasteiger partial charge in [0.15, 0.2) is 0 Å². The fourth-order valence-electron chi connectivity index (χ4n) is 3.87. The Morgan fingerprint density at radius 1 is 1.39 bits per heavy atom. The molecule has 0 saturated heterocycles. The first kappa shape index (κ1) is 16.7. The summed E-state index contributed by atoms with van der Waals surface area (Å²) < 4.78 is 6.39. The van der Waals surface area contributed by atoms with Gasteiger partial charge < -0.3 is 20.9 Å². The van der Waals surface area contributed by atoms with Crippen molar-refractivity contribution in [3.05, 3.63) is 28.7 Å². The van der Waals surface area contributed by atoms with Crippen LogP contribution in [-0.4, -0.2) is 36.3 Å². The molecule has 0 heterocycles. The highest BCUT2D eigenvalue weighted by Gasteiger charge is 2.48. The molecule has 2 bridgehead atoms. The average molecular weight is 383 g/mol. The van der Waals surface area contributed by atoms with Gasteiger partial charge in [0.25, 0.3) is 0 Å². The summed E-state index contributed by atoms with van der Waals surface area (Å²) >= 11 is 3.39. The zero-order valence-corrected chi connectivity index (χ0v) is 14.5. The highest BCUT2D eigenvalue weighted by molar-refractivity contribution is 9.10. The molecule has 23 heavy (non-hydrogen) atoms. The summed E-state index contributed by atoms with van der Waals surface area (Å²) in [5, 5.41) is 12.8. The smallest absolute Gasteiger partial charge is 0.225 e. The first-order valence-electron chi connectivity index (χ1n) is 8.15. The maximum atomic E-state index is 12.3. The lowest BCUT2D eigenvalue weighted by atomic mass is 9.84. The summed E-state index contributed by atoms with van der Waals surface area (Å²) in [6, 6.07) is 7.43. The third-order valence-electron chi connectivity index (χ3n) is 5.06. The Bertz CT molecular complexity index is 567. The van der Waals surface area contributed by atoms with Gasteiger partial charge in [-0.1, -0.05) is 12.1 Å². The Hall–Kier alpha value is -1.11. The van der Waals surface area contributed by atoms with Crippen molar-refractivity contribution in [2.24, 2.45) is 23.5 Å². The molecule has 0 spiro atoms. The van der Waals surface area contributed by atoms with Crippen LogP contribution in [0.15, 0.2) is 28.7 Å². The number of para-hydroxylation sites is 1. The Balaban J connectivity index is 1.43. The minimum atomic E-state index is -0.749. The number of hydrogen-bond acceptors (Lipinski definition) is 4. The number of fused-ring (bicyclic) bond motifs is 2. The van der Waals surface area contributed by atoms with Crippen molar-refractivity contribution >= 4 is 21.8 Å². The molecule has 2 aliphatic rings. The highest BCUT2D eigenvalue weighted by Crippen LogP contribution is 2.47. The zero-order chi connectivity index (χ0) is 16.4. The molecule has 126 valence electrons. The van der Waals surface area contributed by atoms with E-state index in [1.54, 1.807) is 0 Å². The molecule has 1 amide bonds. The van der Waals surface area contributed by atoms with Crippen LogP contribution >= 0.6 is 15.9 Å². The number of carbonyl (C=O) groups is 1. The van der Waals surface area contributed by atoms with Gasteiger partial charge >= 0.3 is 0 Å². The van der Waals surface area contributed by atoms with E-state index in [2.05, 4.69) is 21.2 Å². The Morgan fingerprint density at radius 2 is 2.13 bits per heavy atom. The molecule has 5 nitrogen and oxygen atoms in total. The van der Waals surface area contributed by atoms with Crippen LogP contribution in [0, 0.1) is 17.8 Å². The number of rotatable bonds is 6. The highest BCUT2D eigenvalue weighted by atomic mass is 79.9. The van der Waals surface area contributed by atoms with Crippen LogP contribution in [0.4, 0.5) is 0 Å². The fourth-order valence-corrected chi connectivity index (χ4v) is 4.27. The molecule has 0 aromatic heterocycles. The van der Waals surface area contributed by atoms with Gasteiger partial charge in [-0.05, 0) is 59.2 Å². The van der Waals surface area contributed by atoms with Gasteiger partial charge in [-0.2, -0.15) is 0 Å². The Morgan fingerprint density at radius 3 is 2.83 bits per heavy atom. The third kappa shape index (κ3) is 3.70. The van der Waals surface area contributed by atoms with Gasteiger partial charge in [-0.15, -0.1) is 0 Å². The minimum absolute atomic E-state index is 0.0235. The van der Waals surface area contributed by atoms with Gasteiger partial charge in [0.1, 0.15) is 18.5 Å². The number of amides is 1. The topological polar surface area (TPSA) is 84.6 Å². The van der Waals surface area contributed by atoms with Gasteiger partial charge in [0.05, 0.1) is 10.4 Å². The molecule has 2 aliphatic carbocycles. The van der Waals surface area contributed by atoms with E-state index in [0.717, 1.165) is 23.7 Å². The van der Waals surface area contributed by atoms with E-state index in [-0.39, 0.29) is 31.0 Å². The van der Waals surface area contributed by atoms with Crippen molar-refractivity contribution in [3.63, 3.8) is 0 Å².